The summed E-state index contributed by atoms with van der Waals surface area (Å²) in [5.41, 5.74) is -1.21. The van der Waals surface area contributed by atoms with Gasteiger partial charge in [-0.1, -0.05) is 60.3 Å². The fraction of sp³-hybridized carbons (Fsp3) is 0.0714. The van der Waals surface area contributed by atoms with Crippen LogP contribution in [0, 0.1) is 0 Å². The summed E-state index contributed by atoms with van der Waals surface area (Å²) in [4.78, 5) is 26.7. The van der Waals surface area contributed by atoms with Crippen LogP contribution in [0.3, 0.4) is 0 Å². The Bertz CT molecular complexity index is 1440. The number of allylic oxidation sites excluding steroid dienone is 4. The van der Waals surface area contributed by atoms with E-state index in [9.17, 15) is 35.9 Å². The molecule has 0 spiro atoms. The van der Waals surface area contributed by atoms with Crippen LogP contribution in [-0.4, -0.2) is 11.6 Å². The molecule has 1 aliphatic heterocycles. The molecule has 186 valence electrons. The van der Waals surface area contributed by atoms with Crippen molar-refractivity contribution >= 4 is 33.1 Å². The molecule has 0 amide bonds. The summed E-state index contributed by atoms with van der Waals surface area (Å²) in [6.45, 7) is 0. The highest BCUT2D eigenvalue weighted by Gasteiger charge is 2.36. The largest absolute Gasteiger partial charge is 0.416 e. The number of Topliss-reactive ketones (excluding diaryl/α,β-unsaturated/α-hetero) is 2. The van der Waals surface area contributed by atoms with Crippen LogP contribution < -0.4 is 0 Å². The summed E-state index contributed by atoms with van der Waals surface area (Å²) >= 11 is 0.956. The summed E-state index contributed by atoms with van der Waals surface area (Å²) in [5.74, 6) is -1.11. The predicted molar refractivity (Wildman–Crippen MR) is 129 cm³/mol. The first-order valence-corrected chi connectivity index (χ1v) is 11.6. The SMILES string of the molecule is O=C1C(=C2C=C(c3cccc(C(F)(F)F)c3)SC(c3cccc(C(F)(F)F)c3)=C2)C(=O)c2ccccc21. The number of halogens is 6. The summed E-state index contributed by atoms with van der Waals surface area (Å²) in [6, 6.07) is 15.1. The molecular weight excluding hydrogens is 514 g/mol. The Kier molecular flexibility index (Phi) is 5.98. The highest BCUT2D eigenvalue weighted by Crippen LogP contribution is 2.47. The van der Waals surface area contributed by atoms with Crippen LogP contribution in [0.4, 0.5) is 26.3 Å². The average Bonchev–Trinajstić information content (AvgIpc) is 3.13. The molecule has 0 fully saturated rings. The monoisotopic (exact) mass is 528 g/mol. The number of rotatable bonds is 2. The van der Waals surface area contributed by atoms with Crippen molar-refractivity contribution in [2.24, 2.45) is 0 Å². The molecule has 0 aromatic heterocycles. The molecular formula is C28H14F6O2S. The number of hydrogen-bond acceptors (Lipinski definition) is 3. The second-order valence-electron chi connectivity index (χ2n) is 8.31. The minimum Gasteiger partial charge on any atom is -0.288 e. The van der Waals surface area contributed by atoms with E-state index in [1.54, 1.807) is 12.1 Å². The Labute approximate surface area is 211 Å². The van der Waals surface area contributed by atoms with Crippen molar-refractivity contribution < 1.29 is 35.9 Å². The van der Waals surface area contributed by atoms with Gasteiger partial charge in [0.05, 0.1) is 16.7 Å². The first-order chi connectivity index (χ1) is 17.4. The third-order valence-electron chi connectivity index (χ3n) is 5.90. The Morgan fingerprint density at radius 2 is 1.00 bits per heavy atom. The number of thioether (sulfide) groups is 1. The van der Waals surface area contributed by atoms with Gasteiger partial charge in [0.2, 0.25) is 0 Å². The molecule has 0 saturated carbocycles. The molecule has 0 saturated heterocycles. The fourth-order valence-electron chi connectivity index (χ4n) is 4.14. The van der Waals surface area contributed by atoms with E-state index in [4.69, 9.17) is 0 Å². The van der Waals surface area contributed by atoms with Crippen LogP contribution in [0.5, 0.6) is 0 Å². The molecule has 0 atom stereocenters. The lowest BCUT2D eigenvalue weighted by Gasteiger charge is -2.19. The highest BCUT2D eigenvalue weighted by atomic mass is 32.2. The van der Waals surface area contributed by atoms with E-state index >= 15 is 0 Å². The fourth-order valence-corrected chi connectivity index (χ4v) is 5.24. The van der Waals surface area contributed by atoms with Gasteiger partial charge in [0.25, 0.3) is 0 Å². The normalized spacial score (nSPS) is 16.1. The summed E-state index contributed by atoms with van der Waals surface area (Å²) in [7, 11) is 0. The molecule has 3 aromatic rings. The second kappa shape index (κ2) is 8.92. The van der Waals surface area contributed by atoms with E-state index in [1.165, 1.54) is 48.6 Å². The van der Waals surface area contributed by atoms with Gasteiger partial charge in [-0.15, -0.1) is 0 Å². The molecule has 37 heavy (non-hydrogen) atoms. The molecule has 0 unspecified atom stereocenters. The molecule has 0 radical (unpaired) electrons. The third-order valence-corrected chi connectivity index (χ3v) is 7.05. The minimum absolute atomic E-state index is 0.116. The lowest BCUT2D eigenvalue weighted by Crippen LogP contribution is -2.07. The van der Waals surface area contributed by atoms with E-state index in [2.05, 4.69) is 0 Å². The van der Waals surface area contributed by atoms with Gasteiger partial charge in [0.15, 0.2) is 11.6 Å². The van der Waals surface area contributed by atoms with Gasteiger partial charge < -0.3 is 0 Å². The zero-order chi connectivity index (χ0) is 26.5. The smallest absolute Gasteiger partial charge is 0.288 e. The van der Waals surface area contributed by atoms with Crippen LogP contribution in [-0.2, 0) is 12.4 Å². The molecule has 2 aliphatic rings. The van der Waals surface area contributed by atoms with Crippen LogP contribution >= 0.6 is 11.8 Å². The summed E-state index contributed by atoms with van der Waals surface area (Å²) in [5, 5.41) is 0. The zero-order valence-electron chi connectivity index (χ0n) is 18.6. The first-order valence-electron chi connectivity index (χ1n) is 10.8. The highest BCUT2D eigenvalue weighted by molar-refractivity contribution is 8.16. The van der Waals surface area contributed by atoms with Gasteiger partial charge in [0.1, 0.15) is 0 Å². The molecule has 1 heterocycles. The van der Waals surface area contributed by atoms with E-state index in [0.29, 0.717) is 0 Å². The van der Waals surface area contributed by atoms with E-state index in [0.717, 1.165) is 36.0 Å². The molecule has 1 aliphatic carbocycles. The summed E-state index contributed by atoms with van der Waals surface area (Å²) < 4.78 is 80.2. The van der Waals surface area contributed by atoms with Gasteiger partial charge in [0, 0.05) is 20.9 Å². The maximum absolute atomic E-state index is 13.4. The molecule has 9 heteroatoms. The number of hydrogen-bond donors (Lipinski definition) is 0. The quantitative estimate of drug-likeness (QED) is 0.191. The van der Waals surface area contributed by atoms with Crippen LogP contribution in [0.2, 0.25) is 0 Å². The average molecular weight is 528 g/mol. The Hall–Kier alpha value is -3.85. The standard InChI is InChI=1S/C28H14F6O2S/c29-27(30,31)18-7-3-5-15(11-18)22-13-17(24-25(35)20-9-1-2-10-21(20)26(24)36)14-23(37-22)16-6-4-8-19(12-16)28(32,33)34/h1-14H. The van der Waals surface area contributed by atoms with Crippen molar-refractivity contribution in [2.45, 2.75) is 12.4 Å². The Morgan fingerprint density at radius 1 is 0.568 bits per heavy atom. The van der Waals surface area contributed by atoms with E-state index < -0.39 is 35.0 Å². The van der Waals surface area contributed by atoms with Gasteiger partial charge in [-0.3, -0.25) is 9.59 Å². The second-order valence-corrected chi connectivity index (χ2v) is 9.39. The zero-order valence-corrected chi connectivity index (χ0v) is 19.4. The third kappa shape index (κ3) is 4.67. The van der Waals surface area contributed by atoms with Crippen molar-refractivity contribution in [1.29, 1.82) is 0 Å². The molecule has 0 N–H and O–H groups in total. The number of ketones is 2. The first kappa shape index (κ1) is 24.8. The minimum atomic E-state index is -4.62. The Balaban J connectivity index is 1.70. The topological polar surface area (TPSA) is 34.1 Å². The van der Waals surface area contributed by atoms with E-state index in [-0.39, 0.29) is 43.2 Å². The van der Waals surface area contributed by atoms with Crippen molar-refractivity contribution in [3.8, 4) is 0 Å². The molecule has 3 aromatic carbocycles. The lowest BCUT2D eigenvalue weighted by atomic mass is 9.99. The van der Waals surface area contributed by atoms with Crippen molar-refractivity contribution in [3.05, 3.63) is 129 Å². The van der Waals surface area contributed by atoms with Crippen molar-refractivity contribution in [1.82, 2.24) is 0 Å². The maximum Gasteiger partial charge on any atom is 0.416 e. The molecule has 2 nitrogen and oxygen atoms in total. The van der Waals surface area contributed by atoms with Crippen LogP contribution in [0.25, 0.3) is 9.81 Å². The number of alkyl halides is 6. The predicted octanol–water partition coefficient (Wildman–Crippen LogP) is 8.23. The van der Waals surface area contributed by atoms with Gasteiger partial charge in [-0.05, 0) is 53.1 Å². The van der Waals surface area contributed by atoms with Gasteiger partial charge in [-0.25, -0.2) is 0 Å². The van der Waals surface area contributed by atoms with Gasteiger partial charge in [-0.2, -0.15) is 26.3 Å². The molecule has 0 bridgehead atoms. The van der Waals surface area contributed by atoms with E-state index in [1.807, 2.05) is 0 Å². The van der Waals surface area contributed by atoms with Crippen LogP contribution in [0.15, 0.2) is 96.1 Å². The number of fused-ring (bicyclic) bond motifs is 1. The Morgan fingerprint density at radius 3 is 1.41 bits per heavy atom. The van der Waals surface area contributed by atoms with Crippen molar-refractivity contribution in [2.75, 3.05) is 0 Å². The lowest BCUT2D eigenvalue weighted by molar-refractivity contribution is -0.138. The van der Waals surface area contributed by atoms with Crippen molar-refractivity contribution in [3.63, 3.8) is 0 Å². The number of benzene rings is 3. The van der Waals surface area contributed by atoms with Crippen LogP contribution in [0.1, 0.15) is 43.0 Å². The van der Waals surface area contributed by atoms with Gasteiger partial charge >= 0.3 is 12.4 Å². The molecule has 5 rings (SSSR count). The number of carbonyl (C=O) groups is 2. The number of carbonyl (C=O) groups excluding carboxylic acids is 2. The summed E-state index contributed by atoms with van der Waals surface area (Å²) in [6.07, 6.45) is -6.38. The maximum atomic E-state index is 13.4.